The van der Waals surface area contributed by atoms with Crippen LogP contribution in [-0.4, -0.2) is 27.5 Å². The normalized spacial score (nSPS) is 31.2. The van der Waals surface area contributed by atoms with Gasteiger partial charge >= 0.3 is 5.97 Å². The van der Waals surface area contributed by atoms with E-state index in [1.54, 1.807) is 12.1 Å². The molecule has 3 atom stereocenters. The highest BCUT2D eigenvalue weighted by Gasteiger charge is 2.60. The van der Waals surface area contributed by atoms with Crippen molar-refractivity contribution in [3.63, 3.8) is 0 Å². The molecule has 132 valence electrons. The molecule has 0 spiro atoms. The summed E-state index contributed by atoms with van der Waals surface area (Å²) >= 11 is 0. The molecule has 3 rings (SSSR count). The third-order valence-electron chi connectivity index (χ3n) is 6.12. The average molecular weight is 351 g/mol. The van der Waals surface area contributed by atoms with Crippen LogP contribution >= 0.6 is 0 Å². The fourth-order valence-electron chi connectivity index (χ4n) is 4.79. The topological polar surface area (TPSA) is 72.5 Å². The van der Waals surface area contributed by atoms with Gasteiger partial charge in [-0.3, -0.25) is 0 Å². The van der Waals surface area contributed by atoms with Crippen molar-refractivity contribution in [2.75, 3.05) is 7.11 Å². The van der Waals surface area contributed by atoms with Crippen LogP contribution in [0.3, 0.4) is 0 Å². The molecule has 0 unspecified atom stereocenters. The summed E-state index contributed by atoms with van der Waals surface area (Å²) in [4.78, 5) is 11.9. The summed E-state index contributed by atoms with van der Waals surface area (Å²) in [5.41, 5.74) is -0.0551. The van der Waals surface area contributed by atoms with Gasteiger partial charge in [0.1, 0.15) is 0 Å². The Morgan fingerprint density at radius 2 is 1.92 bits per heavy atom. The van der Waals surface area contributed by atoms with Crippen LogP contribution in [0.1, 0.15) is 50.4 Å². The van der Waals surface area contributed by atoms with E-state index in [0.717, 1.165) is 19.3 Å². The lowest BCUT2D eigenvalue weighted by atomic mass is 9.69. The summed E-state index contributed by atoms with van der Waals surface area (Å²) in [5.74, 6) is -0.111. The van der Waals surface area contributed by atoms with E-state index in [-0.39, 0.29) is 27.3 Å². The number of sulfonamides is 1. The monoisotopic (exact) mass is 351 g/mol. The summed E-state index contributed by atoms with van der Waals surface area (Å²) < 4.78 is 33.7. The Kier molecular flexibility index (Phi) is 4.04. The van der Waals surface area contributed by atoms with Crippen molar-refractivity contribution < 1.29 is 17.9 Å². The molecule has 0 amide bonds. The average Bonchev–Trinajstić information content (AvgIpc) is 3.02. The number of benzene rings is 1. The lowest BCUT2D eigenvalue weighted by Gasteiger charge is -2.42. The van der Waals surface area contributed by atoms with E-state index in [9.17, 15) is 13.2 Å². The van der Waals surface area contributed by atoms with Gasteiger partial charge in [-0.15, -0.1) is 0 Å². The Balaban J connectivity index is 1.98. The fraction of sp³-hybridized carbons (Fsp3) is 0.611. The predicted molar refractivity (Wildman–Crippen MR) is 91.1 cm³/mol. The molecule has 1 aromatic rings. The van der Waals surface area contributed by atoms with Crippen molar-refractivity contribution in [1.82, 2.24) is 4.72 Å². The second-order valence-corrected chi connectivity index (χ2v) is 9.64. The molecule has 1 aromatic carbocycles. The number of methoxy groups -OCH3 is 1. The van der Waals surface area contributed by atoms with Gasteiger partial charge in [0.05, 0.1) is 17.6 Å². The first-order valence-electron chi connectivity index (χ1n) is 8.31. The largest absolute Gasteiger partial charge is 0.465 e. The van der Waals surface area contributed by atoms with Crippen LogP contribution in [0, 0.1) is 16.7 Å². The fourth-order valence-corrected chi connectivity index (χ4v) is 6.52. The first-order valence-corrected chi connectivity index (χ1v) is 9.80. The van der Waals surface area contributed by atoms with Gasteiger partial charge in [-0.25, -0.2) is 17.9 Å². The maximum Gasteiger partial charge on any atom is 0.339 e. The Bertz CT molecular complexity index is 766. The van der Waals surface area contributed by atoms with E-state index in [0.29, 0.717) is 5.92 Å². The van der Waals surface area contributed by atoms with Crippen molar-refractivity contribution in [1.29, 1.82) is 0 Å². The van der Waals surface area contributed by atoms with Gasteiger partial charge in [-0.1, -0.05) is 32.9 Å². The number of fused-ring (bicyclic) bond motifs is 2. The van der Waals surface area contributed by atoms with Crippen LogP contribution in [0.15, 0.2) is 29.2 Å². The minimum Gasteiger partial charge on any atom is -0.465 e. The van der Waals surface area contributed by atoms with Gasteiger partial charge in [0, 0.05) is 6.04 Å². The highest BCUT2D eigenvalue weighted by atomic mass is 32.2. The van der Waals surface area contributed by atoms with Gasteiger partial charge in [0.15, 0.2) is 0 Å². The van der Waals surface area contributed by atoms with Crippen molar-refractivity contribution >= 4 is 16.0 Å². The number of ether oxygens (including phenoxy) is 1. The van der Waals surface area contributed by atoms with Crippen LogP contribution in [0.4, 0.5) is 0 Å². The molecule has 0 heterocycles. The maximum atomic E-state index is 13.0. The molecule has 0 saturated heterocycles. The molecule has 24 heavy (non-hydrogen) atoms. The van der Waals surface area contributed by atoms with Gasteiger partial charge in [-0.05, 0) is 48.1 Å². The minimum atomic E-state index is -3.81. The van der Waals surface area contributed by atoms with Crippen LogP contribution in [0.25, 0.3) is 0 Å². The number of rotatable bonds is 4. The summed E-state index contributed by atoms with van der Waals surface area (Å²) in [5, 5.41) is 0. The molecule has 5 nitrogen and oxygen atoms in total. The van der Waals surface area contributed by atoms with E-state index in [1.807, 2.05) is 0 Å². The molecule has 0 aromatic heterocycles. The van der Waals surface area contributed by atoms with Gasteiger partial charge in [0.2, 0.25) is 10.0 Å². The molecule has 2 aliphatic carbocycles. The number of esters is 1. The second-order valence-electron chi connectivity index (χ2n) is 7.96. The number of carbonyl (C=O) groups excluding carboxylic acids is 1. The Morgan fingerprint density at radius 1 is 1.25 bits per heavy atom. The zero-order chi connectivity index (χ0) is 17.8. The second kappa shape index (κ2) is 5.56. The third kappa shape index (κ3) is 2.56. The Morgan fingerprint density at radius 3 is 2.50 bits per heavy atom. The van der Waals surface area contributed by atoms with Crippen LogP contribution in [-0.2, 0) is 14.8 Å². The van der Waals surface area contributed by atoms with E-state index < -0.39 is 16.0 Å². The minimum absolute atomic E-state index is 0.0148. The maximum absolute atomic E-state index is 13.0. The quantitative estimate of drug-likeness (QED) is 0.847. The van der Waals surface area contributed by atoms with Gasteiger partial charge in [-0.2, -0.15) is 0 Å². The molecule has 0 radical (unpaired) electrons. The molecule has 2 bridgehead atoms. The Hall–Kier alpha value is -1.40. The summed E-state index contributed by atoms with van der Waals surface area (Å²) in [7, 11) is -2.56. The van der Waals surface area contributed by atoms with Crippen LogP contribution in [0.2, 0.25) is 0 Å². The van der Waals surface area contributed by atoms with Crippen molar-refractivity contribution in [2.24, 2.45) is 16.7 Å². The van der Waals surface area contributed by atoms with E-state index in [1.165, 1.54) is 19.2 Å². The summed E-state index contributed by atoms with van der Waals surface area (Å²) in [6.45, 7) is 6.45. The highest BCUT2D eigenvalue weighted by molar-refractivity contribution is 7.89. The number of hydrogen-bond donors (Lipinski definition) is 1. The van der Waals surface area contributed by atoms with Gasteiger partial charge < -0.3 is 4.74 Å². The van der Waals surface area contributed by atoms with Gasteiger partial charge in [0.25, 0.3) is 0 Å². The molecule has 6 heteroatoms. The number of carbonyl (C=O) groups is 1. The SMILES string of the molecule is COC(=O)c1ccccc1S(=O)(=O)N[C@@H]1C(C)(C)[C@H]2CC[C@@]1(C)C2. The molecule has 1 N–H and O–H groups in total. The highest BCUT2D eigenvalue weighted by Crippen LogP contribution is 2.62. The van der Waals surface area contributed by atoms with Crippen molar-refractivity contribution in [2.45, 2.75) is 51.0 Å². The first-order chi connectivity index (χ1) is 11.1. The summed E-state index contributed by atoms with van der Waals surface area (Å²) in [6, 6.07) is 6.05. The lowest BCUT2D eigenvalue weighted by molar-refractivity contribution is 0.0596. The zero-order valence-electron chi connectivity index (χ0n) is 14.6. The predicted octanol–water partition coefficient (Wildman–Crippen LogP) is 2.97. The van der Waals surface area contributed by atoms with E-state index in [2.05, 4.69) is 25.5 Å². The first kappa shape index (κ1) is 17.4. The zero-order valence-corrected chi connectivity index (χ0v) is 15.4. The lowest BCUT2D eigenvalue weighted by Crippen LogP contribution is -2.52. The smallest absolute Gasteiger partial charge is 0.339 e. The number of nitrogens with one attached hydrogen (secondary N) is 1. The standard InChI is InChI=1S/C18H25NO4S/c1-17(2)12-9-10-18(3,11-12)16(17)19-24(21,22)14-8-6-5-7-13(14)15(20)23-4/h5-8,12,16,19H,9-11H2,1-4H3/t12-,16+,18-/m0/s1. The van der Waals surface area contributed by atoms with E-state index in [4.69, 9.17) is 4.74 Å². The Labute approximate surface area is 143 Å². The number of hydrogen-bond acceptors (Lipinski definition) is 4. The van der Waals surface area contributed by atoms with Crippen LogP contribution < -0.4 is 4.72 Å². The van der Waals surface area contributed by atoms with Crippen molar-refractivity contribution in [3.05, 3.63) is 29.8 Å². The molecular formula is C18H25NO4S. The van der Waals surface area contributed by atoms with Crippen molar-refractivity contribution in [3.8, 4) is 0 Å². The molecule has 2 fully saturated rings. The molecule has 2 saturated carbocycles. The third-order valence-corrected chi connectivity index (χ3v) is 7.61. The molecular weight excluding hydrogens is 326 g/mol. The van der Waals surface area contributed by atoms with Crippen LogP contribution in [0.5, 0.6) is 0 Å². The van der Waals surface area contributed by atoms with E-state index >= 15 is 0 Å². The molecule has 2 aliphatic rings. The summed E-state index contributed by atoms with van der Waals surface area (Å²) in [6.07, 6.45) is 3.24. The molecule has 0 aliphatic heterocycles.